The second-order valence-corrected chi connectivity index (χ2v) is 5.87. The van der Waals surface area contributed by atoms with E-state index in [4.69, 9.17) is 10.6 Å². The van der Waals surface area contributed by atoms with E-state index in [1.807, 2.05) is 36.4 Å². The smallest absolute Gasteiger partial charge is 0.248 e. The highest BCUT2D eigenvalue weighted by Gasteiger charge is 2.24. The van der Waals surface area contributed by atoms with Gasteiger partial charge >= 0.3 is 0 Å². The molecule has 1 aliphatic rings. The van der Waals surface area contributed by atoms with Crippen molar-refractivity contribution in [2.75, 3.05) is 0 Å². The summed E-state index contributed by atoms with van der Waals surface area (Å²) in [5.41, 5.74) is 12.0. The molecule has 0 aromatic heterocycles. The third kappa shape index (κ3) is 2.78. The molecule has 4 rings (SSSR count). The van der Waals surface area contributed by atoms with Crippen LogP contribution in [-0.2, 0) is 11.4 Å². The van der Waals surface area contributed by atoms with Crippen LogP contribution < -0.4 is 5.73 Å². The Balaban J connectivity index is 1.58. The van der Waals surface area contributed by atoms with Gasteiger partial charge in [-0.1, -0.05) is 65.8 Å². The average Bonchev–Trinajstić information content (AvgIpc) is 2.97. The van der Waals surface area contributed by atoms with Gasteiger partial charge in [-0.3, -0.25) is 4.79 Å². The molecule has 0 heterocycles. The van der Waals surface area contributed by atoms with Crippen molar-refractivity contribution < 1.29 is 9.63 Å². The van der Waals surface area contributed by atoms with E-state index in [0.29, 0.717) is 12.2 Å². The van der Waals surface area contributed by atoms with E-state index in [0.717, 1.165) is 22.4 Å². The highest BCUT2D eigenvalue weighted by atomic mass is 16.6. The summed E-state index contributed by atoms with van der Waals surface area (Å²) in [5, 5.41) is 4.38. The van der Waals surface area contributed by atoms with Crippen molar-refractivity contribution in [1.82, 2.24) is 0 Å². The van der Waals surface area contributed by atoms with E-state index in [1.165, 1.54) is 11.1 Å². The molecule has 0 aliphatic heterocycles. The van der Waals surface area contributed by atoms with Gasteiger partial charge in [-0.25, -0.2) is 0 Å². The first-order valence-corrected chi connectivity index (χ1v) is 8.02. The largest absolute Gasteiger partial charge is 0.390 e. The third-order valence-electron chi connectivity index (χ3n) is 4.28. The molecule has 0 saturated heterocycles. The SMILES string of the molecule is NC(=O)c1ccc(CON=C2c3ccccc3-c3ccccc32)cc1. The third-order valence-corrected chi connectivity index (χ3v) is 4.28. The molecule has 0 spiro atoms. The first-order chi connectivity index (χ1) is 12.2. The van der Waals surface area contributed by atoms with E-state index in [-0.39, 0.29) is 0 Å². The summed E-state index contributed by atoms with van der Waals surface area (Å²) in [4.78, 5) is 16.7. The average molecular weight is 328 g/mol. The van der Waals surface area contributed by atoms with Crippen LogP contribution in [0, 0.1) is 0 Å². The maximum atomic E-state index is 11.1. The number of benzene rings is 3. The summed E-state index contributed by atoms with van der Waals surface area (Å²) < 4.78 is 0. The topological polar surface area (TPSA) is 64.7 Å². The van der Waals surface area contributed by atoms with Crippen LogP contribution in [0.3, 0.4) is 0 Å². The second-order valence-electron chi connectivity index (χ2n) is 5.87. The van der Waals surface area contributed by atoms with Crippen LogP contribution >= 0.6 is 0 Å². The molecule has 4 heteroatoms. The van der Waals surface area contributed by atoms with Crippen LogP contribution in [-0.4, -0.2) is 11.6 Å². The fourth-order valence-electron chi connectivity index (χ4n) is 3.03. The minimum Gasteiger partial charge on any atom is -0.390 e. The zero-order valence-electron chi connectivity index (χ0n) is 13.5. The van der Waals surface area contributed by atoms with Gasteiger partial charge in [-0.15, -0.1) is 0 Å². The van der Waals surface area contributed by atoms with Gasteiger partial charge in [0.25, 0.3) is 0 Å². The van der Waals surface area contributed by atoms with Crippen LogP contribution in [0.15, 0.2) is 78.0 Å². The number of hydrogen-bond acceptors (Lipinski definition) is 3. The monoisotopic (exact) mass is 328 g/mol. The molecule has 25 heavy (non-hydrogen) atoms. The van der Waals surface area contributed by atoms with Crippen molar-refractivity contribution >= 4 is 11.6 Å². The molecule has 2 N–H and O–H groups in total. The van der Waals surface area contributed by atoms with Gasteiger partial charge in [0.05, 0.1) is 0 Å². The van der Waals surface area contributed by atoms with E-state index in [1.54, 1.807) is 12.1 Å². The van der Waals surface area contributed by atoms with Crippen molar-refractivity contribution in [3.63, 3.8) is 0 Å². The minimum atomic E-state index is -0.438. The number of hydrogen-bond donors (Lipinski definition) is 1. The molecular formula is C21H16N2O2. The number of carbonyl (C=O) groups is 1. The maximum absolute atomic E-state index is 11.1. The fourth-order valence-corrected chi connectivity index (χ4v) is 3.03. The Kier molecular flexibility index (Phi) is 3.78. The van der Waals surface area contributed by atoms with Gasteiger partial charge < -0.3 is 10.6 Å². The molecule has 0 fully saturated rings. The standard InChI is InChI=1S/C21H16N2O2/c22-21(24)15-11-9-14(10-12-15)13-25-23-20-18-7-3-1-5-16(18)17-6-2-4-8-19(17)20/h1-12H,13H2,(H2,22,24). The highest BCUT2D eigenvalue weighted by Crippen LogP contribution is 2.36. The lowest BCUT2D eigenvalue weighted by Gasteiger charge is -2.04. The Morgan fingerprint density at radius 1 is 0.800 bits per heavy atom. The molecule has 3 aromatic carbocycles. The van der Waals surface area contributed by atoms with Gasteiger partial charge in [0.1, 0.15) is 12.3 Å². The highest BCUT2D eigenvalue weighted by molar-refractivity contribution is 6.24. The number of amides is 1. The summed E-state index contributed by atoms with van der Waals surface area (Å²) in [6.07, 6.45) is 0. The molecule has 0 atom stereocenters. The number of nitrogens with two attached hydrogens (primary N) is 1. The fraction of sp³-hybridized carbons (Fsp3) is 0.0476. The molecule has 0 unspecified atom stereocenters. The van der Waals surface area contributed by atoms with Gasteiger partial charge in [-0.2, -0.15) is 0 Å². The summed E-state index contributed by atoms with van der Waals surface area (Å²) in [6.45, 7) is 0.326. The van der Waals surface area contributed by atoms with Crippen LogP contribution in [0.25, 0.3) is 11.1 Å². The van der Waals surface area contributed by atoms with Crippen molar-refractivity contribution in [3.05, 3.63) is 95.1 Å². The number of carbonyl (C=O) groups excluding carboxylic acids is 1. The lowest BCUT2D eigenvalue weighted by atomic mass is 10.1. The number of primary amides is 1. The number of rotatable bonds is 4. The lowest BCUT2D eigenvalue weighted by Crippen LogP contribution is -2.10. The Hall–Kier alpha value is -3.40. The van der Waals surface area contributed by atoms with E-state index in [2.05, 4.69) is 29.4 Å². The second kappa shape index (κ2) is 6.24. The molecule has 1 amide bonds. The molecule has 122 valence electrons. The van der Waals surface area contributed by atoms with Crippen LogP contribution in [0.5, 0.6) is 0 Å². The van der Waals surface area contributed by atoms with Gasteiger partial charge in [0.2, 0.25) is 5.91 Å². The Bertz CT molecular complexity index is 928. The lowest BCUT2D eigenvalue weighted by molar-refractivity contribution is 0.1000. The minimum absolute atomic E-state index is 0.326. The van der Waals surface area contributed by atoms with E-state index < -0.39 is 5.91 Å². The Labute approximate surface area is 145 Å². The molecule has 4 nitrogen and oxygen atoms in total. The predicted octanol–water partition coefficient (Wildman–Crippen LogP) is 3.74. The first-order valence-electron chi connectivity index (χ1n) is 8.02. The molecular weight excluding hydrogens is 312 g/mol. The van der Waals surface area contributed by atoms with E-state index in [9.17, 15) is 4.79 Å². The summed E-state index contributed by atoms with van der Waals surface area (Å²) >= 11 is 0. The number of fused-ring (bicyclic) bond motifs is 3. The molecule has 1 aliphatic carbocycles. The summed E-state index contributed by atoms with van der Waals surface area (Å²) in [7, 11) is 0. The Morgan fingerprint density at radius 3 is 1.84 bits per heavy atom. The zero-order chi connectivity index (χ0) is 17.2. The quantitative estimate of drug-likeness (QED) is 0.580. The van der Waals surface area contributed by atoms with Crippen molar-refractivity contribution in [3.8, 4) is 11.1 Å². The van der Waals surface area contributed by atoms with Crippen molar-refractivity contribution in [2.24, 2.45) is 10.9 Å². The molecule has 0 radical (unpaired) electrons. The van der Waals surface area contributed by atoms with Crippen LogP contribution in [0.2, 0.25) is 0 Å². The van der Waals surface area contributed by atoms with E-state index >= 15 is 0 Å². The number of oxime groups is 1. The molecule has 3 aromatic rings. The van der Waals surface area contributed by atoms with Crippen LogP contribution in [0.1, 0.15) is 27.0 Å². The zero-order valence-corrected chi connectivity index (χ0v) is 13.5. The van der Waals surface area contributed by atoms with Crippen molar-refractivity contribution in [1.29, 1.82) is 0 Å². The van der Waals surface area contributed by atoms with Crippen LogP contribution in [0.4, 0.5) is 0 Å². The van der Waals surface area contributed by atoms with Gasteiger partial charge in [-0.05, 0) is 28.8 Å². The molecule has 0 saturated carbocycles. The van der Waals surface area contributed by atoms with Crippen molar-refractivity contribution in [2.45, 2.75) is 6.61 Å². The predicted molar refractivity (Wildman–Crippen MR) is 97.3 cm³/mol. The summed E-state index contributed by atoms with van der Waals surface area (Å²) in [5.74, 6) is -0.438. The first kappa shape index (κ1) is 15.1. The Morgan fingerprint density at radius 2 is 1.32 bits per heavy atom. The van der Waals surface area contributed by atoms with Gasteiger partial charge in [0.15, 0.2) is 0 Å². The molecule has 0 bridgehead atoms. The maximum Gasteiger partial charge on any atom is 0.248 e. The normalized spacial score (nSPS) is 11.6. The van der Waals surface area contributed by atoms with Gasteiger partial charge in [0, 0.05) is 16.7 Å². The number of nitrogens with zero attached hydrogens (tertiary/aromatic N) is 1. The summed E-state index contributed by atoms with van der Waals surface area (Å²) in [6, 6.07) is 23.4.